The molecular formula is C29H40B2N2O6. The first kappa shape index (κ1) is 27.1. The largest absolute Gasteiger partial charge is 0.494 e. The maximum atomic E-state index is 6.27. The normalized spacial score (nSPS) is 25.1. The van der Waals surface area contributed by atoms with Crippen LogP contribution in [0.5, 0.6) is 11.5 Å². The van der Waals surface area contributed by atoms with Crippen LogP contribution in [0.25, 0.3) is 0 Å². The first-order valence-electron chi connectivity index (χ1n) is 13.9. The van der Waals surface area contributed by atoms with Crippen LogP contribution in [0.15, 0.2) is 36.4 Å². The van der Waals surface area contributed by atoms with Crippen LogP contribution >= 0.6 is 0 Å². The Morgan fingerprint density at radius 3 is 1.31 bits per heavy atom. The van der Waals surface area contributed by atoms with Crippen molar-refractivity contribution in [3.8, 4) is 11.5 Å². The molecule has 2 saturated heterocycles. The van der Waals surface area contributed by atoms with E-state index in [4.69, 9.17) is 28.1 Å². The second-order valence-electron chi connectivity index (χ2n) is 13.3. The Hall–Kier alpha value is -2.07. The number of rotatable bonds is 4. The summed E-state index contributed by atoms with van der Waals surface area (Å²) < 4.78 is 37.3. The summed E-state index contributed by atoms with van der Waals surface area (Å²) in [6.07, 6.45) is 0. The van der Waals surface area contributed by atoms with Crippen molar-refractivity contribution < 1.29 is 28.1 Å². The lowest BCUT2D eigenvalue weighted by Gasteiger charge is -2.36. The third-order valence-electron chi connectivity index (χ3n) is 9.21. The molecule has 8 nitrogen and oxygen atoms in total. The van der Waals surface area contributed by atoms with Gasteiger partial charge in [-0.25, -0.2) is 0 Å². The summed E-state index contributed by atoms with van der Waals surface area (Å²) >= 11 is 0. The maximum absolute atomic E-state index is 6.27. The Bertz CT molecular complexity index is 1140. The molecule has 0 aliphatic carbocycles. The SMILES string of the molecule is CC1(C)OB(c2ccc3c(c2)CN(CN2COc4ccc(B5OC(C)(C)C(C)(C)O5)cc4C2)CO3)OC1(C)C. The molecule has 2 aromatic carbocycles. The average molecular weight is 534 g/mol. The third-order valence-corrected chi connectivity index (χ3v) is 9.21. The van der Waals surface area contributed by atoms with E-state index in [1.54, 1.807) is 0 Å². The fourth-order valence-electron chi connectivity index (χ4n) is 5.34. The van der Waals surface area contributed by atoms with Gasteiger partial charge in [0.2, 0.25) is 0 Å². The minimum atomic E-state index is -0.388. The van der Waals surface area contributed by atoms with Crippen LogP contribution < -0.4 is 20.4 Å². The minimum Gasteiger partial charge on any atom is -0.478 e. The fraction of sp³-hybridized carbons (Fsp3) is 0.586. The zero-order valence-corrected chi connectivity index (χ0v) is 24.5. The third kappa shape index (κ3) is 4.89. The van der Waals surface area contributed by atoms with E-state index in [0.29, 0.717) is 13.5 Å². The van der Waals surface area contributed by atoms with E-state index >= 15 is 0 Å². The predicted octanol–water partition coefficient (Wildman–Crippen LogP) is 3.25. The summed E-state index contributed by atoms with van der Waals surface area (Å²) in [7, 11) is -0.776. The zero-order valence-electron chi connectivity index (χ0n) is 24.5. The zero-order chi connectivity index (χ0) is 27.8. The van der Waals surface area contributed by atoms with Gasteiger partial charge < -0.3 is 28.1 Å². The Balaban J connectivity index is 1.12. The highest BCUT2D eigenvalue weighted by Crippen LogP contribution is 2.38. The van der Waals surface area contributed by atoms with Crippen molar-refractivity contribution in [1.29, 1.82) is 0 Å². The molecule has 0 bridgehead atoms. The number of benzene rings is 2. The van der Waals surface area contributed by atoms with Crippen LogP contribution in [-0.2, 0) is 31.7 Å². The number of hydrogen-bond donors (Lipinski definition) is 0. The van der Waals surface area contributed by atoms with Gasteiger partial charge in [0.15, 0.2) is 0 Å². The lowest BCUT2D eigenvalue weighted by atomic mass is 9.78. The molecule has 0 spiro atoms. The number of fused-ring (bicyclic) bond motifs is 2. The predicted molar refractivity (Wildman–Crippen MR) is 151 cm³/mol. The molecular weight excluding hydrogens is 494 g/mol. The summed E-state index contributed by atoms with van der Waals surface area (Å²) in [5.41, 5.74) is 2.81. The Labute approximate surface area is 233 Å². The Kier molecular flexibility index (Phi) is 6.42. The van der Waals surface area contributed by atoms with Gasteiger partial charge in [0.05, 0.1) is 29.1 Å². The van der Waals surface area contributed by atoms with Crippen LogP contribution in [-0.4, -0.2) is 66.6 Å². The minimum absolute atomic E-state index is 0.372. The van der Waals surface area contributed by atoms with Gasteiger partial charge >= 0.3 is 14.2 Å². The van der Waals surface area contributed by atoms with Crippen LogP contribution in [0, 0.1) is 0 Å². The highest BCUT2D eigenvalue weighted by molar-refractivity contribution is 6.62. The van der Waals surface area contributed by atoms with Crippen LogP contribution in [0.3, 0.4) is 0 Å². The van der Waals surface area contributed by atoms with Gasteiger partial charge in [0.25, 0.3) is 0 Å². The molecule has 10 heteroatoms. The number of nitrogens with zero attached hydrogens (tertiary/aromatic N) is 2. The summed E-state index contributed by atoms with van der Waals surface area (Å²) in [5.74, 6) is 1.83. The van der Waals surface area contributed by atoms with Crippen molar-refractivity contribution in [2.75, 3.05) is 20.1 Å². The van der Waals surface area contributed by atoms with E-state index in [0.717, 1.165) is 53.3 Å². The Morgan fingerprint density at radius 1 is 0.590 bits per heavy atom. The van der Waals surface area contributed by atoms with Crippen molar-refractivity contribution in [3.63, 3.8) is 0 Å². The molecule has 0 N–H and O–H groups in total. The summed E-state index contributed by atoms with van der Waals surface area (Å²) in [4.78, 5) is 4.56. The second-order valence-corrected chi connectivity index (χ2v) is 13.3. The monoisotopic (exact) mass is 534 g/mol. The topological polar surface area (TPSA) is 61.9 Å². The van der Waals surface area contributed by atoms with Crippen molar-refractivity contribution in [3.05, 3.63) is 47.5 Å². The van der Waals surface area contributed by atoms with Crippen LogP contribution in [0.2, 0.25) is 0 Å². The molecule has 0 radical (unpaired) electrons. The molecule has 0 amide bonds. The quantitative estimate of drug-likeness (QED) is 0.555. The highest BCUT2D eigenvalue weighted by atomic mass is 16.7. The first-order valence-corrected chi connectivity index (χ1v) is 13.9. The van der Waals surface area contributed by atoms with Gasteiger partial charge in [-0.15, -0.1) is 0 Å². The van der Waals surface area contributed by atoms with E-state index in [1.165, 1.54) is 0 Å². The standard InChI is InChI=1S/C29H40B2N2O6/c1-26(2)27(3,4)37-30(36-26)22-9-11-24-20(13-22)15-32(18-34-24)17-33-16-21-14-23(10-12-25(21)35-19-33)31-38-28(5,6)29(7,8)39-31/h9-14H,15-19H2,1-8H3. The molecule has 39 heavy (non-hydrogen) atoms. The average Bonchev–Trinajstić information content (AvgIpc) is 3.22. The van der Waals surface area contributed by atoms with Crippen molar-refractivity contribution in [1.82, 2.24) is 9.80 Å². The van der Waals surface area contributed by atoms with Crippen molar-refractivity contribution in [2.24, 2.45) is 0 Å². The molecule has 2 fully saturated rings. The van der Waals surface area contributed by atoms with Gasteiger partial charge in [-0.05, 0) is 78.4 Å². The summed E-state index contributed by atoms with van der Waals surface area (Å²) in [5, 5.41) is 0. The van der Waals surface area contributed by atoms with Crippen molar-refractivity contribution in [2.45, 2.75) is 90.9 Å². The van der Waals surface area contributed by atoms with Crippen molar-refractivity contribution >= 4 is 25.2 Å². The van der Waals surface area contributed by atoms with Gasteiger partial charge in [-0.2, -0.15) is 0 Å². The lowest BCUT2D eigenvalue weighted by molar-refractivity contribution is -0.00337. The van der Waals surface area contributed by atoms with E-state index in [-0.39, 0.29) is 36.6 Å². The molecule has 4 heterocycles. The summed E-state index contributed by atoms with van der Waals surface area (Å²) in [6, 6.07) is 12.5. The molecule has 6 rings (SSSR count). The van der Waals surface area contributed by atoms with Gasteiger partial charge in [0.1, 0.15) is 25.0 Å². The lowest BCUT2D eigenvalue weighted by Crippen LogP contribution is -2.45. The molecule has 0 saturated carbocycles. The van der Waals surface area contributed by atoms with Crippen LogP contribution in [0.1, 0.15) is 66.5 Å². The molecule has 4 aliphatic heterocycles. The smallest absolute Gasteiger partial charge is 0.478 e. The molecule has 208 valence electrons. The van der Waals surface area contributed by atoms with Gasteiger partial charge in [-0.1, -0.05) is 24.3 Å². The van der Waals surface area contributed by atoms with Gasteiger partial charge in [0, 0.05) is 24.2 Å². The highest BCUT2D eigenvalue weighted by Gasteiger charge is 2.53. The summed E-state index contributed by atoms with van der Waals surface area (Å²) in [6.45, 7) is 19.9. The molecule has 0 atom stereocenters. The number of hydrogen-bond acceptors (Lipinski definition) is 8. The van der Waals surface area contributed by atoms with Gasteiger partial charge in [-0.3, -0.25) is 9.80 Å². The van der Waals surface area contributed by atoms with E-state index in [9.17, 15) is 0 Å². The molecule has 0 aromatic heterocycles. The van der Waals surface area contributed by atoms with E-state index in [1.807, 2.05) is 24.3 Å². The second kappa shape index (κ2) is 9.23. The molecule has 0 unspecified atom stereocenters. The fourth-order valence-corrected chi connectivity index (χ4v) is 5.34. The van der Waals surface area contributed by atoms with Crippen LogP contribution in [0.4, 0.5) is 0 Å². The first-order chi connectivity index (χ1) is 18.2. The van der Waals surface area contributed by atoms with E-state index in [2.05, 4.69) is 77.3 Å². The number of ether oxygens (including phenoxy) is 2. The molecule has 2 aromatic rings. The van der Waals surface area contributed by atoms with E-state index < -0.39 is 0 Å². The Morgan fingerprint density at radius 2 is 0.949 bits per heavy atom. The molecule has 4 aliphatic rings. The maximum Gasteiger partial charge on any atom is 0.494 e.